The molecular formula is C28H29N3O3. The molecule has 0 N–H and O–H groups in total. The van der Waals surface area contributed by atoms with Gasteiger partial charge in [0.25, 0.3) is 0 Å². The Morgan fingerprint density at radius 2 is 1.71 bits per heavy atom. The van der Waals surface area contributed by atoms with E-state index in [0.717, 1.165) is 34.7 Å². The van der Waals surface area contributed by atoms with E-state index in [9.17, 15) is 4.79 Å². The summed E-state index contributed by atoms with van der Waals surface area (Å²) in [6.45, 7) is 3.85. The number of anilines is 1. The molecule has 1 atom stereocenters. The van der Waals surface area contributed by atoms with E-state index in [1.54, 1.807) is 7.11 Å². The molecular weight excluding hydrogens is 426 g/mol. The van der Waals surface area contributed by atoms with Crippen molar-refractivity contribution in [1.82, 2.24) is 9.55 Å². The number of rotatable bonds is 8. The van der Waals surface area contributed by atoms with Gasteiger partial charge in [0.2, 0.25) is 5.91 Å². The van der Waals surface area contributed by atoms with E-state index in [-0.39, 0.29) is 11.8 Å². The zero-order chi connectivity index (χ0) is 23.5. The number of hydrogen-bond donors (Lipinski definition) is 0. The normalized spacial score (nSPS) is 15.8. The number of amides is 1. The van der Waals surface area contributed by atoms with Crippen LogP contribution >= 0.6 is 0 Å². The second-order valence-corrected chi connectivity index (χ2v) is 8.50. The highest BCUT2D eigenvalue weighted by molar-refractivity contribution is 5.97. The number of nitrogens with zero attached hydrogens (tertiary/aromatic N) is 3. The van der Waals surface area contributed by atoms with Crippen LogP contribution in [0.4, 0.5) is 5.69 Å². The van der Waals surface area contributed by atoms with Crippen LogP contribution in [-0.2, 0) is 17.8 Å². The summed E-state index contributed by atoms with van der Waals surface area (Å²) in [5.74, 6) is 2.54. The predicted octanol–water partition coefficient (Wildman–Crippen LogP) is 5.21. The minimum atomic E-state index is 0.0241. The van der Waals surface area contributed by atoms with E-state index in [1.807, 2.05) is 65.6 Å². The number of imidazole rings is 1. The summed E-state index contributed by atoms with van der Waals surface area (Å²) < 4.78 is 13.7. The number of hydrogen-bond acceptors (Lipinski definition) is 4. The Kier molecular flexibility index (Phi) is 6.21. The van der Waals surface area contributed by atoms with Crippen LogP contribution in [0.3, 0.4) is 0 Å². The van der Waals surface area contributed by atoms with E-state index < -0.39 is 0 Å². The lowest BCUT2D eigenvalue weighted by Gasteiger charge is -2.20. The highest BCUT2D eigenvalue weighted by Crippen LogP contribution is 2.35. The van der Waals surface area contributed by atoms with Crippen LogP contribution in [0.2, 0.25) is 0 Å². The van der Waals surface area contributed by atoms with E-state index in [2.05, 4.69) is 23.6 Å². The molecule has 0 unspecified atom stereocenters. The highest BCUT2D eigenvalue weighted by Gasteiger charge is 2.35. The summed E-state index contributed by atoms with van der Waals surface area (Å²) >= 11 is 0. The molecule has 0 bridgehead atoms. The Hall–Kier alpha value is -3.80. The lowest BCUT2D eigenvalue weighted by Crippen LogP contribution is -2.25. The lowest BCUT2D eigenvalue weighted by atomic mass is 10.1. The third-order valence-electron chi connectivity index (χ3n) is 6.48. The number of aryl methyl sites for hydroxylation is 1. The van der Waals surface area contributed by atoms with Crippen molar-refractivity contribution in [2.24, 2.45) is 0 Å². The van der Waals surface area contributed by atoms with Gasteiger partial charge in [0.05, 0.1) is 24.7 Å². The SMILES string of the molecule is CCc1ccccc1N1C[C@@H](c2nc3ccccc3n2CCOc2ccccc2OC)CC1=O. The van der Waals surface area contributed by atoms with Crippen molar-refractivity contribution in [1.29, 1.82) is 0 Å². The fourth-order valence-corrected chi connectivity index (χ4v) is 4.81. The van der Waals surface area contributed by atoms with Gasteiger partial charge in [0, 0.05) is 24.6 Å². The van der Waals surface area contributed by atoms with Crippen molar-refractivity contribution < 1.29 is 14.3 Å². The molecule has 0 saturated carbocycles. The fourth-order valence-electron chi connectivity index (χ4n) is 4.81. The Morgan fingerprint density at radius 1 is 0.971 bits per heavy atom. The number of para-hydroxylation sites is 5. The van der Waals surface area contributed by atoms with Gasteiger partial charge < -0.3 is 18.9 Å². The van der Waals surface area contributed by atoms with Gasteiger partial charge in [-0.15, -0.1) is 0 Å². The molecule has 5 rings (SSSR count). The second kappa shape index (κ2) is 9.59. The van der Waals surface area contributed by atoms with E-state index >= 15 is 0 Å². The molecule has 0 aliphatic carbocycles. The van der Waals surface area contributed by atoms with Gasteiger partial charge in [-0.25, -0.2) is 4.98 Å². The van der Waals surface area contributed by atoms with Gasteiger partial charge in [-0.1, -0.05) is 49.4 Å². The first-order valence-corrected chi connectivity index (χ1v) is 11.8. The van der Waals surface area contributed by atoms with Gasteiger partial charge in [-0.2, -0.15) is 0 Å². The number of carbonyl (C=O) groups excluding carboxylic acids is 1. The van der Waals surface area contributed by atoms with Crippen LogP contribution in [0.1, 0.15) is 30.7 Å². The molecule has 1 saturated heterocycles. The Balaban J connectivity index is 1.41. The zero-order valence-electron chi connectivity index (χ0n) is 19.6. The molecule has 4 aromatic rings. The van der Waals surface area contributed by atoms with Gasteiger partial charge in [-0.05, 0) is 42.3 Å². The first kappa shape index (κ1) is 22.0. The minimum Gasteiger partial charge on any atom is -0.493 e. The average Bonchev–Trinajstić information content (AvgIpc) is 3.44. The third kappa shape index (κ3) is 4.12. The molecule has 2 heterocycles. The molecule has 34 heavy (non-hydrogen) atoms. The molecule has 1 aliphatic rings. The highest BCUT2D eigenvalue weighted by atomic mass is 16.5. The molecule has 1 amide bonds. The minimum absolute atomic E-state index is 0.0241. The average molecular weight is 456 g/mol. The van der Waals surface area contributed by atoms with E-state index in [0.29, 0.717) is 31.9 Å². The quantitative estimate of drug-likeness (QED) is 0.366. The zero-order valence-corrected chi connectivity index (χ0v) is 19.6. The number of fused-ring (bicyclic) bond motifs is 1. The number of benzene rings is 3. The summed E-state index contributed by atoms with van der Waals surface area (Å²) in [4.78, 5) is 20.0. The molecule has 0 radical (unpaired) electrons. The van der Waals surface area contributed by atoms with Crippen LogP contribution in [0, 0.1) is 0 Å². The fraction of sp³-hybridized carbons (Fsp3) is 0.286. The van der Waals surface area contributed by atoms with Crippen LogP contribution in [0.25, 0.3) is 11.0 Å². The van der Waals surface area contributed by atoms with Crippen LogP contribution in [0.5, 0.6) is 11.5 Å². The molecule has 0 spiro atoms. The largest absolute Gasteiger partial charge is 0.493 e. The second-order valence-electron chi connectivity index (χ2n) is 8.50. The number of aromatic nitrogens is 2. The summed E-state index contributed by atoms with van der Waals surface area (Å²) in [7, 11) is 1.64. The maximum atomic E-state index is 13.1. The Morgan fingerprint density at radius 3 is 2.53 bits per heavy atom. The standard InChI is InChI=1S/C28H29N3O3/c1-3-20-10-4-6-12-23(20)31-19-21(18-27(31)32)28-29-22-11-5-7-13-24(22)30(28)16-17-34-26-15-9-8-14-25(26)33-2/h4-15,21H,3,16-19H2,1-2H3/t21-/m0/s1. The Bertz CT molecular complexity index is 1310. The predicted molar refractivity (Wildman–Crippen MR) is 134 cm³/mol. The van der Waals surface area contributed by atoms with E-state index in [4.69, 9.17) is 14.5 Å². The first-order valence-electron chi connectivity index (χ1n) is 11.8. The monoisotopic (exact) mass is 455 g/mol. The molecule has 6 heteroatoms. The maximum Gasteiger partial charge on any atom is 0.227 e. The Labute approximate surface area is 199 Å². The number of ether oxygens (including phenoxy) is 2. The van der Waals surface area contributed by atoms with Crippen LogP contribution in [-0.4, -0.2) is 35.7 Å². The van der Waals surface area contributed by atoms with Crippen LogP contribution in [0.15, 0.2) is 72.8 Å². The summed E-state index contributed by atoms with van der Waals surface area (Å²) in [6.07, 6.45) is 1.35. The van der Waals surface area contributed by atoms with E-state index in [1.165, 1.54) is 5.56 Å². The van der Waals surface area contributed by atoms with Gasteiger partial charge >= 0.3 is 0 Å². The molecule has 1 fully saturated rings. The van der Waals surface area contributed by atoms with Crippen LogP contribution < -0.4 is 14.4 Å². The molecule has 174 valence electrons. The van der Waals surface area contributed by atoms with Crippen molar-refractivity contribution in [3.05, 3.63) is 84.2 Å². The van der Waals surface area contributed by atoms with Gasteiger partial charge in [0.1, 0.15) is 12.4 Å². The van der Waals surface area contributed by atoms with Gasteiger partial charge in [0.15, 0.2) is 11.5 Å². The van der Waals surface area contributed by atoms with Crippen molar-refractivity contribution in [2.45, 2.75) is 32.2 Å². The lowest BCUT2D eigenvalue weighted by molar-refractivity contribution is -0.117. The summed E-state index contributed by atoms with van der Waals surface area (Å²) in [6, 6.07) is 23.9. The third-order valence-corrected chi connectivity index (χ3v) is 6.48. The molecule has 1 aliphatic heterocycles. The van der Waals surface area contributed by atoms with Gasteiger partial charge in [-0.3, -0.25) is 4.79 Å². The van der Waals surface area contributed by atoms with Crippen molar-refractivity contribution in [2.75, 3.05) is 25.2 Å². The summed E-state index contributed by atoms with van der Waals surface area (Å²) in [5.41, 5.74) is 4.20. The molecule has 1 aromatic heterocycles. The molecule has 6 nitrogen and oxygen atoms in total. The topological polar surface area (TPSA) is 56.6 Å². The van der Waals surface area contributed by atoms with Crippen molar-refractivity contribution in [3.8, 4) is 11.5 Å². The first-order chi connectivity index (χ1) is 16.7. The van der Waals surface area contributed by atoms with Crippen molar-refractivity contribution in [3.63, 3.8) is 0 Å². The maximum absolute atomic E-state index is 13.1. The summed E-state index contributed by atoms with van der Waals surface area (Å²) in [5, 5.41) is 0. The molecule has 3 aromatic carbocycles. The number of carbonyl (C=O) groups is 1. The smallest absolute Gasteiger partial charge is 0.227 e. The number of methoxy groups -OCH3 is 1. The van der Waals surface area contributed by atoms with Crippen molar-refractivity contribution >= 4 is 22.6 Å².